The fourth-order valence-corrected chi connectivity index (χ4v) is 2.64. The van der Waals surface area contributed by atoms with Gasteiger partial charge in [-0.25, -0.2) is 0 Å². The first-order valence-corrected chi connectivity index (χ1v) is 8.69. The van der Waals surface area contributed by atoms with Gasteiger partial charge in [0.2, 0.25) is 5.91 Å². The number of amides is 1. The number of hydrogen-bond acceptors (Lipinski definition) is 2. The van der Waals surface area contributed by atoms with E-state index in [1.165, 1.54) is 0 Å². The number of rotatable bonds is 8. The van der Waals surface area contributed by atoms with E-state index in [1.54, 1.807) is 0 Å². The molecule has 0 saturated carbocycles. The molecule has 0 fully saturated rings. The van der Waals surface area contributed by atoms with Crippen LogP contribution in [0.1, 0.15) is 38.3 Å². The molecule has 3 heteroatoms. The van der Waals surface area contributed by atoms with Crippen LogP contribution < -0.4 is 4.74 Å². The van der Waals surface area contributed by atoms with Crippen LogP contribution in [0.15, 0.2) is 54.6 Å². The third-order valence-electron chi connectivity index (χ3n) is 4.23. The van der Waals surface area contributed by atoms with Gasteiger partial charge in [0.1, 0.15) is 5.75 Å². The van der Waals surface area contributed by atoms with Gasteiger partial charge in [0.05, 0.1) is 13.0 Å². The average Bonchev–Trinajstić information content (AvgIpc) is 2.61. The van der Waals surface area contributed by atoms with Crippen molar-refractivity contribution in [1.29, 1.82) is 0 Å². The minimum absolute atomic E-state index is 0.164. The van der Waals surface area contributed by atoms with Crippen LogP contribution in [0.3, 0.4) is 0 Å². The van der Waals surface area contributed by atoms with E-state index in [4.69, 9.17) is 4.74 Å². The van der Waals surface area contributed by atoms with Gasteiger partial charge in [-0.1, -0.05) is 49.4 Å². The molecule has 0 radical (unpaired) electrons. The first-order valence-electron chi connectivity index (χ1n) is 8.69. The molecule has 24 heavy (non-hydrogen) atoms. The van der Waals surface area contributed by atoms with Gasteiger partial charge in [-0.2, -0.15) is 0 Å². The van der Waals surface area contributed by atoms with Crippen molar-refractivity contribution in [2.24, 2.45) is 0 Å². The number of ether oxygens (including phenoxy) is 1. The molecule has 0 bridgehead atoms. The van der Waals surface area contributed by atoms with E-state index in [1.807, 2.05) is 54.3 Å². The van der Waals surface area contributed by atoms with Crippen LogP contribution >= 0.6 is 0 Å². The fraction of sp³-hybridized carbons (Fsp3) is 0.381. The summed E-state index contributed by atoms with van der Waals surface area (Å²) in [6, 6.07) is 18.2. The Bertz CT molecular complexity index is 622. The van der Waals surface area contributed by atoms with Crippen molar-refractivity contribution in [1.82, 2.24) is 4.90 Å². The van der Waals surface area contributed by atoms with Gasteiger partial charge in [-0.3, -0.25) is 4.79 Å². The van der Waals surface area contributed by atoms with Gasteiger partial charge < -0.3 is 9.64 Å². The Balaban J connectivity index is 2.06. The summed E-state index contributed by atoms with van der Waals surface area (Å²) >= 11 is 0. The quantitative estimate of drug-likeness (QED) is 0.717. The highest BCUT2D eigenvalue weighted by Crippen LogP contribution is 2.16. The maximum atomic E-state index is 12.8. The molecule has 2 aromatic carbocycles. The first kappa shape index (κ1) is 18.1. The molecule has 0 aliphatic carbocycles. The van der Waals surface area contributed by atoms with Crippen LogP contribution in [0.2, 0.25) is 0 Å². The molecule has 0 N–H and O–H groups in total. The van der Waals surface area contributed by atoms with Crippen molar-refractivity contribution in [3.05, 3.63) is 65.7 Å². The lowest BCUT2D eigenvalue weighted by Gasteiger charge is -2.29. The van der Waals surface area contributed by atoms with Gasteiger partial charge in [0.15, 0.2) is 0 Å². The Morgan fingerprint density at radius 3 is 2.25 bits per heavy atom. The molecule has 0 heterocycles. The van der Waals surface area contributed by atoms with Crippen molar-refractivity contribution < 1.29 is 9.53 Å². The highest BCUT2D eigenvalue weighted by Gasteiger charge is 2.19. The summed E-state index contributed by atoms with van der Waals surface area (Å²) in [5.74, 6) is 1.01. The molecule has 0 saturated heterocycles. The maximum absolute atomic E-state index is 12.8. The summed E-state index contributed by atoms with van der Waals surface area (Å²) in [5, 5.41) is 0. The molecule has 1 amide bonds. The van der Waals surface area contributed by atoms with Crippen molar-refractivity contribution >= 4 is 5.91 Å². The van der Waals surface area contributed by atoms with E-state index in [-0.39, 0.29) is 11.9 Å². The second-order valence-electron chi connectivity index (χ2n) is 6.02. The molecule has 1 unspecified atom stereocenters. The van der Waals surface area contributed by atoms with Crippen LogP contribution in [0.5, 0.6) is 5.75 Å². The lowest BCUT2D eigenvalue weighted by Crippen LogP contribution is -2.38. The van der Waals surface area contributed by atoms with E-state index in [9.17, 15) is 4.79 Å². The Morgan fingerprint density at radius 2 is 1.67 bits per heavy atom. The van der Waals surface area contributed by atoms with Crippen LogP contribution in [-0.2, 0) is 17.8 Å². The molecule has 128 valence electrons. The van der Waals surface area contributed by atoms with E-state index < -0.39 is 0 Å². The molecule has 3 nitrogen and oxygen atoms in total. The Kier molecular flexibility index (Phi) is 6.86. The average molecular weight is 325 g/mol. The van der Waals surface area contributed by atoms with E-state index in [2.05, 4.69) is 26.0 Å². The van der Waals surface area contributed by atoms with Gasteiger partial charge in [0, 0.05) is 12.6 Å². The third kappa shape index (κ3) is 5.12. The molecule has 0 spiro atoms. The van der Waals surface area contributed by atoms with Crippen LogP contribution in [0.25, 0.3) is 0 Å². The predicted molar refractivity (Wildman–Crippen MR) is 98.1 cm³/mol. The summed E-state index contributed by atoms with van der Waals surface area (Å²) in [6.45, 7) is 7.50. The summed E-state index contributed by atoms with van der Waals surface area (Å²) in [5.41, 5.74) is 2.18. The zero-order valence-corrected chi connectivity index (χ0v) is 14.9. The minimum atomic E-state index is 0.164. The number of nitrogens with zero attached hydrogens (tertiary/aromatic N) is 1. The number of carbonyl (C=O) groups is 1. The van der Waals surface area contributed by atoms with Crippen LogP contribution in [0, 0.1) is 0 Å². The molecule has 1 atom stereocenters. The van der Waals surface area contributed by atoms with Gasteiger partial charge in [-0.05, 0) is 43.5 Å². The highest BCUT2D eigenvalue weighted by atomic mass is 16.5. The van der Waals surface area contributed by atoms with Crippen molar-refractivity contribution in [3.8, 4) is 5.75 Å². The van der Waals surface area contributed by atoms with Crippen LogP contribution in [0.4, 0.5) is 0 Å². The monoisotopic (exact) mass is 325 g/mol. The van der Waals surface area contributed by atoms with E-state index >= 15 is 0 Å². The third-order valence-corrected chi connectivity index (χ3v) is 4.23. The number of carbonyl (C=O) groups excluding carboxylic acids is 1. The Labute approximate surface area is 145 Å². The summed E-state index contributed by atoms with van der Waals surface area (Å²) < 4.78 is 5.45. The second-order valence-corrected chi connectivity index (χ2v) is 6.02. The normalized spacial score (nSPS) is 11.8. The summed E-state index contributed by atoms with van der Waals surface area (Å²) in [4.78, 5) is 14.8. The maximum Gasteiger partial charge on any atom is 0.227 e. The SMILES string of the molecule is CCOc1ccc(CC(=O)N(Cc2ccccc2)C(C)CC)cc1. The van der Waals surface area contributed by atoms with Gasteiger partial charge in [0.25, 0.3) is 0 Å². The van der Waals surface area contributed by atoms with E-state index in [0.717, 1.165) is 23.3 Å². The summed E-state index contributed by atoms with van der Waals surface area (Å²) in [6.07, 6.45) is 1.37. The molecule has 2 rings (SSSR count). The van der Waals surface area contributed by atoms with Crippen LogP contribution in [-0.4, -0.2) is 23.5 Å². The Morgan fingerprint density at radius 1 is 1.00 bits per heavy atom. The number of hydrogen-bond donors (Lipinski definition) is 0. The molecule has 0 aliphatic rings. The van der Waals surface area contributed by atoms with Gasteiger partial charge >= 0.3 is 0 Å². The second kappa shape index (κ2) is 9.11. The molecule has 0 aromatic heterocycles. The zero-order valence-electron chi connectivity index (χ0n) is 14.9. The number of benzene rings is 2. The largest absolute Gasteiger partial charge is 0.494 e. The smallest absolute Gasteiger partial charge is 0.227 e. The lowest BCUT2D eigenvalue weighted by atomic mass is 10.1. The molecular weight excluding hydrogens is 298 g/mol. The standard InChI is InChI=1S/C21H27NO2/c1-4-17(3)22(16-19-9-7-6-8-10-19)21(23)15-18-11-13-20(14-12-18)24-5-2/h6-14,17H,4-5,15-16H2,1-3H3. The van der Waals surface area contributed by atoms with Gasteiger partial charge in [-0.15, -0.1) is 0 Å². The zero-order chi connectivity index (χ0) is 17.4. The lowest BCUT2D eigenvalue weighted by molar-refractivity contribution is -0.133. The highest BCUT2D eigenvalue weighted by molar-refractivity contribution is 5.79. The van der Waals surface area contributed by atoms with Crippen molar-refractivity contribution in [2.75, 3.05) is 6.61 Å². The molecular formula is C21H27NO2. The molecule has 2 aromatic rings. The first-order chi connectivity index (χ1) is 11.6. The van der Waals surface area contributed by atoms with Crippen molar-refractivity contribution in [3.63, 3.8) is 0 Å². The predicted octanol–water partition coefficient (Wildman–Crippen LogP) is 4.46. The molecule has 0 aliphatic heterocycles. The van der Waals surface area contributed by atoms with E-state index in [0.29, 0.717) is 19.6 Å². The summed E-state index contributed by atoms with van der Waals surface area (Å²) in [7, 11) is 0. The fourth-order valence-electron chi connectivity index (χ4n) is 2.64. The minimum Gasteiger partial charge on any atom is -0.494 e. The topological polar surface area (TPSA) is 29.5 Å². The Hall–Kier alpha value is -2.29. The van der Waals surface area contributed by atoms with Crippen molar-refractivity contribution in [2.45, 2.75) is 46.2 Å².